The summed E-state index contributed by atoms with van der Waals surface area (Å²) in [5.74, 6) is -1.02. The second-order valence-electron chi connectivity index (χ2n) is 3.54. The zero-order valence-electron chi connectivity index (χ0n) is 8.99. The summed E-state index contributed by atoms with van der Waals surface area (Å²) in [7, 11) is 0. The summed E-state index contributed by atoms with van der Waals surface area (Å²) in [5.41, 5.74) is 10.6. The van der Waals surface area contributed by atoms with Crippen molar-refractivity contribution in [1.82, 2.24) is 5.32 Å². The Morgan fingerprint density at radius 3 is 2.53 bits per heavy atom. The lowest BCUT2D eigenvalue weighted by Crippen LogP contribution is -2.39. The smallest absolute Gasteiger partial charge is 0.320 e. The van der Waals surface area contributed by atoms with Gasteiger partial charge in [0.05, 0.1) is 0 Å². The van der Waals surface area contributed by atoms with Crippen LogP contribution in [0.1, 0.15) is 32.6 Å². The molecule has 0 amide bonds. The number of hydrogen-bond acceptors (Lipinski definition) is 3. The molecule has 0 radical (unpaired) electrons. The molecule has 0 fully saturated rings. The van der Waals surface area contributed by atoms with Gasteiger partial charge < -0.3 is 21.9 Å². The lowest BCUT2D eigenvalue weighted by Gasteiger charge is -2.17. The van der Waals surface area contributed by atoms with E-state index in [1.54, 1.807) is 0 Å². The summed E-state index contributed by atoms with van der Waals surface area (Å²) in [6.07, 6.45) is 2.79. The highest BCUT2D eigenvalue weighted by Crippen LogP contribution is 2.05. The Labute approximate surface area is 89.5 Å². The molecule has 15 heavy (non-hydrogen) atoms. The van der Waals surface area contributed by atoms with Gasteiger partial charge in [0.2, 0.25) is 0 Å². The van der Waals surface area contributed by atoms with Crippen LogP contribution < -0.4 is 16.8 Å². The van der Waals surface area contributed by atoms with E-state index in [-0.39, 0.29) is 12.0 Å². The van der Waals surface area contributed by atoms with Crippen LogP contribution in [-0.2, 0) is 4.79 Å². The minimum absolute atomic E-state index is 0.0515. The molecule has 0 aliphatic heterocycles. The molecule has 7 N–H and O–H groups in total. The van der Waals surface area contributed by atoms with Gasteiger partial charge in [0.1, 0.15) is 6.04 Å². The maximum atomic E-state index is 10.4. The summed E-state index contributed by atoms with van der Waals surface area (Å²) in [6.45, 7) is 1.98. The number of guanidine groups is 1. The van der Waals surface area contributed by atoms with Gasteiger partial charge in [-0.2, -0.15) is 0 Å². The summed E-state index contributed by atoms with van der Waals surface area (Å²) >= 11 is 0. The monoisotopic (exact) mass is 216 g/mol. The van der Waals surface area contributed by atoms with Crippen LogP contribution >= 0.6 is 0 Å². The first-order chi connectivity index (χ1) is 6.97. The van der Waals surface area contributed by atoms with E-state index < -0.39 is 12.0 Å². The van der Waals surface area contributed by atoms with Gasteiger partial charge in [0.15, 0.2) is 5.96 Å². The molecular formula is C9H20N4O2. The largest absolute Gasteiger partial charge is 0.480 e. The quantitative estimate of drug-likeness (QED) is 0.298. The Bertz CT molecular complexity index is 220. The summed E-state index contributed by atoms with van der Waals surface area (Å²) in [5, 5.41) is 18.4. The zero-order valence-corrected chi connectivity index (χ0v) is 8.99. The average molecular weight is 216 g/mol. The van der Waals surface area contributed by atoms with Crippen molar-refractivity contribution in [3.05, 3.63) is 0 Å². The molecular weight excluding hydrogens is 196 g/mol. The van der Waals surface area contributed by atoms with Gasteiger partial charge in [-0.05, 0) is 25.7 Å². The fourth-order valence-electron chi connectivity index (χ4n) is 1.31. The lowest BCUT2D eigenvalue weighted by molar-refractivity contribution is -0.138. The topological polar surface area (TPSA) is 125 Å². The number of hydrogen-bond donors (Lipinski definition) is 5. The Balaban J connectivity index is 3.72. The van der Waals surface area contributed by atoms with Crippen molar-refractivity contribution in [3.8, 4) is 0 Å². The minimum atomic E-state index is -0.970. The third-order valence-corrected chi connectivity index (χ3v) is 2.24. The third-order valence-electron chi connectivity index (χ3n) is 2.24. The van der Waals surface area contributed by atoms with Gasteiger partial charge in [-0.15, -0.1) is 0 Å². The summed E-state index contributed by atoms with van der Waals surface area (Å²) < 4.78 is 0. The first-order valence-corrected chi connectivity index (χ1v) is 5.06. The third kappa shape index (κ3) is 6.73. The van der Waals surface area contributed by atoms with Crippen LogP contribution in [0.4, 0.5) is 0 Å². The highest BCUT2D eigenvalue weighted by atomic mass is 16.4. The molecule has 0 aliphatic rings. The van der Waals surface area contributed by atoms with Crippen LogP contribution in [0.25, 0.3) is 0 Å². The lowest BCUT2D eigenvalue weighted by atomic mass is 10.0. The van der Waals surface area contributed by atoms with Crippen LogP contribution in [0.5, 0.6) is 0 Å². The highest BCUT2D eigenvalue weighted by Gasteiger charge is 2.12. The van der Waals surface area contributed by atoms with E-state index in [2.05, 4.69) is 5.32 Å². The Morgan fingerprint density at radius 2 is 2.13 bits per heavy atom. The first-order valence-electron chi connectivity index (χ1n) is 5.06. The van der Waals surface area contributed by atoms with Gasteiger partial charge in [-0.3, -0.25) is 10.2 Å². The van der Waals surface area contributed by atoms with Crippen LogP contribution in [0.2, 0.25) is 0 Å². The molecule has 0 rings (SSSR count). The Kier molecular flexibility index (Phi) is 6.44. The number of aliphatic carboxylic acids is 1. The molecule has 2 unspecified atom stereocenters. The molecule has 88 valence electrons. The maximum Gasteiger partial charge on any atom is 0.320 e. The number of nitrogens with two attached hydrogens (primary N) is 2. The molecule has 0 bridgehead atoms. The average Bonchev–Trinajstić information content (AvgIpc) is 2.15. The molecule has 6 nitrogen and oxygen atoms in total. The normalized spacial score (nSPS) is 14.3. The molecule has 0 saturated carbocycles. The number of nitrogens with one attached hydrogen (secondary N) is 2. The number of rotatable bonds is 7. The Morgan fingerprint density at radius 1 is 1.53 bits per heavy atom. The van der Waals surface area contributed by atoms with Gasteiger partial charge in [0.25, 0.3) is 0 Å². The van der Waals surface area contributed by atoms with Crippen LogP contribution in [0, 0.1) is 5.41 Å². The van der Waals surface area contributed by atoms with Gasteiger partial charge in [0, 0.05) is 6.04 Å². The highest BCUT2D eigenvalue weighted by molar-refractivity contribution is 5.74. The summed E-state index contributed by atoms with van der Waals surface area (Å²) in [4.78, 5) is 10.4. The molecule has 0 spiro atoms. The van der Waals surface area contributed by atoms with E-state index in [1.807, 2.05) is 6.92 Å². The zero-order chi connectivity index (χ0) is 11.8. The molecule has 0 heterocycles. The molecule has 6 heteroatoms. The number of carboxylic acid groups (broad SMARTS) is 1. The number of carbonyl (C=O) groups is 1. The maximum absolute atomic E-state index is 10.4. The fourth-order valence-corrected chi connectivity index (χ4v) is 1.31. The van der Waals surface area contributed by atoms with E-state index in [1.165, 1.54) is 0 Å². The summed E-state index contributed by atoms with van der Waals surface area (Å²) in [6, 6.07) is -0.664. The van der Waals surface area contributed by atoms with E-state index >= 15 is 0 Å². The van der Waals surface area contributed by atoms with Crippen molar-refractivity contribution in [2.75, 3.05) is 0 Å². The predicted octanol–water partition coefficient (Wildman–Crippen LogP) is -0.170. The molecule has 0 aromatic heterocycles. The van der Waals surface area contributed by atoms with Crippen LogP contribution in [0.3, 0.4) is 0 Å². The van der Waals surface area contributed by atoms with Gasteiger partial charge in [-0.1, -0.05) is 6.92 Å². The van der Waals surface area contributed by atoms with E-state index in [4.69, 9.17) is 22.0 Å². The van der Waals surface area contributed by atoms with E-state index in [9.17, 15) is 4.79 Å². The van der Waals surface area contributed by atoms with Crippen molar-refractivity contribution in [2.45, 2.75) is 44.7 Å². The van der Waals surface area contributed by atoms with Crippen molar-refractivity contribution in [3.63, 3.8) is 0 Å². The van der Waals surface area contributed by atoms with Gasteiger partial charge >= 0.3 is 5.97 Å². The molecule has 0 aromatic carbocycles. The minimum Gasteiger partial charge on any atom is -0.480 e. The van der Waals surface area contributed by atoms with Crippen molar-refractivity contribution < 1.29 is 9.90 Å². The molecule has 0 saturated heterocycles. The second kappa shape index (κ2) is 7.05. The van der Waals surface area contributed by atoms with Crippen molar-refractivity contribution in [1.29, 1.82) is 5.41 Å². The molecule has 0 aliphatic carbocycles. The Hall–Kier alpha value is -1.30. The van der Waals surface area contributed by atoms with Crippen LogP contribution in [0.15, 0.2) is 0 Å². The van der Waals surface area contributed by atoms with Crippen LogP contribution in [-0.4, -0.2) is 29.1 Å². The fraction of sp³-hybridized carbons (Fsp3) is 0.778. The SMILES string of the molecule is CCC(CCCC(N)C(=O)O)NC(=N)N. The van der Waals surface area contributed by atoms with Gasteiger partial charge in [-0.25, -0.2) is 0 Å². The van der Waals surface area contributed by atoms with Crippen molar-refractivity contribution in [2.24, 2.45) is 11.5 Å². The standard InChI is InChI=1S/C9H20N4O2/c1-2-6(13-9(11)12)4-3-5-7(10)8(14)15/h6-7H,2-5,10H2,1H3,(H,14,15)(H4,11,12,13). The van der Waals surface area contributed by atoms with Crippen molar-refractivity contribution >= 4 is 11.9 Å². The molecule has 2 atom stereocenters. The first kappa shape index (κ1) is 13.7. The second-order valence-corrected chi connectivity index (χ2v) is 3.54. The van der Waals surface area contributed by atoms with E-state index in [0.29, 0.717) is 12.8 Å². The van der Waals surface area contributed by atoms with E-state index in [0.717, 1.165) is 12.8 Å². The number of carboxylic acids is 1. The molecule has 0 aromatic rings. The predicted molar refractivity (Wildman–Crippen MR) is 58.6 cm³/mol.